The molecular formula is C18H15Cl3N4S. The molecule has 0 bridgehead atoms. The predicted octanol–water partition coefficient (Wildman–Crippen LogP) is 6.01. The van der Waals surface area contributed by atoms with Crippen LogP contribution in [0.5, 0.6) is 0 Å². The van der Waals surface area contributed by atoms with Crippen molar-refractivity contribution in [1.82, 2.24) is 9.78 Å². The molecule has 2 N–H and O–H groups in total. The molecule has 0 amide bonds. The molecule has 0 aliphatic carbocycles. The van der Waals surface area contributed by atoms with E-state index in [1.54, 1.807) is 23.0 Å². The molecule has 3 rings (SSSR count). The van der Waals surface area contributed by atoms with Crippen LogP contribution in [-0.4, -0.2) is 14.9 Å². The van der Waals surface area contributed by atoms with Crippen LogP contribution >= 0.6 is 47.0 Å². The van der Waals surface area contributed by atoms with Crippen LogP contribution in [0.15, 0.2) is 48.8 Å². The van der Waals surface area contributed by atoms with Gasteiger partial charge in [-0.3, -0.25) is 4.68 Å². The van der Waals surface area contributed by atoms with Crippen molar-refractivity contribution in [2.24, 2.45) is 0 Å². The van der Waals surface area contributed by atoms with Crippen molar-refractivity contribution < 1.29 is 0 Å². The Balaban J connectivity index is 1.66. The van der Waals surface area contributed by atoms with E-state index in [1.165, 1.54) is 0 Å². The SMILES string of the molecule is Cc1ccc(Cl)cc1NC(=S)Nc1cnn(Cc2c(Cl)cccc2Cl)c1. The zero-order chi connectivity index (χ0) is 18.7. The highest BCUT2D eigenvalue weighted by atomic mass is 35.5. The lowest BCUT2D eigenvalue weighted by Gasteiger charge is -2.11. The van der Waals surface area contributed by atoms with Crippen LogP contribution in [0.1, 0.15) is 11.1 Å². The first-order valence-electron chi connectivity index (χ1n) is 7.72. The molecule has 0 unspecified atom stereocenters. The Morgan fingerprint density at radius 3 is 2.58 bits per heavy atom. The molecule has 0 aliphatic rings. The molecule has 134 valence electrons. The molecule has 0 saturated carbocycles. The lowest BCUT2D eigenvalue weighted by Crippen LogP contribution is -2.19. The summed E-state index contributed by atoms with van der Waals surface area (Å²) in [5.41, 5.74) is 3.47. The number of thiocarbonyl (C=S) groups is 1. The number of anilines is 2. The number of nitrogens with one attached hydrogen (secondary N) is 2. The van der Waals surface area contributed by atoms with E-state index in [0.29, 0.717) is 26.7 Å². The van der Waals surface area contributed by atoms with Crippen molar-refractivity contribution in [1.29, 1.82) is 0 Å². The van der Waals surface area contributed by atoms with Gasteiger partial charge in [0.05, 0.1) is 18.4 Å². The molecule has 0 aliphatic heterocycles. The summed E-state index contributed by atoms with van der Waals surface area (Å²) in [5.74, 6) is 0. The van der Waals surface area contributed by atoms with Gasteiger partial charge in [-0.1, -0.05) is 46.9 Å². The molecule has 8 heteroatoms. The van der Waals surface area contributed by atoms with Crippen LogP contribution in [-0.2, 0) is 6.54 Å². The molecular weight excluding hydrogens is 411 g/mol. The van der Waals surface area contributed by atoms with Crippen molar-refractivity contribution in [3.05, 3.63) is 75.0 Å². The Kier molecular flexibility index (Phi) is 6.04. The van der Waals surface area contributed by atoms with E-state index in [4.69, 9.17) is 47.0 Å². The van der Waals surface area contributed by atoms with Crippen molar-refractivity contribution in [2.45, 2.75) is 13.5 Å². The average Bonchev–Trinajstić information content (AvgIpc) is 3.01. The van der Waals surface area contributed by atoms with Crippen LogP contribution in [0, 0.1) is 6.92 Å². The minimum absolute atomic E-state index is 0.450. The van der Waals surface area contributed by atoms with Gasteiger partial charge in [0.2, 0.25) is 0 Å². The number of rotatable bonds is 4. The quantitative estimate of drug-likeness (QED) is 0.502. The maximum Gasteiger partial charge on any atom is 0.175 e. The summed E-state index contributed by atoms with van der Waals surface area (Å²) >= 11 is 23.8. The maximum atomic E-state index is 6.21. The second-order valence-electron chi connectivity index (χ2n) is 5.67. The molecule has 0 radical (unpaired) electrons. The van der Waals surface area contributed by atoms with E-state index in [1.807, 2.05) is 37.4 Å². The van der Waals surface area contributed by atoms with Crippen LogP contribution in [0.3, 0.4) is 0 Å². The lowest BCUT2D eigenvalue weighted by molar-refractivity contribution is 0.687. The average molecular weight is 426 g/mol. The number of aromatic nitrogens is 2. The third-order valence-electron chi connectivity index (χ3n) is 3.72. The summed E-state index contributed by atoms with van der Waals surface area (Å²) in [6, 6.07) is 11.0. The van der Waals surface area contributed by atoms with Crippen molar-refractivity contribution in [3.8, 4) is 0 Å². The molecule has 1 aromatic heterocycles. The van der Waals surface area contributed by atoms with Crippen LogP contribution in [0.4, 0.5) is 11.4 Å². The van der Waals surface area contributed by atoms with Crippen LogP contribution in [0.2, 0.25) is 15.1 Å². The van der Waals surface area contributed by atoms with Gasteiger partial charge < -0.3 is 10.6 Å². The monoisotopic (exact) mass is 424 g/mol. The normalized spacial score (nSPS) is 10.6. The summed E-state index contributed by atoms with van der Waals surface area (Å²) in [6.07, 6.45) is 3.52. The standard InChI is InChI=1S/C18H15Cl3N4S/c1-11-5-6-12(19)7-17(11)24-18(26)23-13-8-22-25(9-13)10-14-15(20)3-2-4-16(14)21/h2-9H,10H2,1H3,(H2,23,24,26). The molecule has 1 heterocycles. The predicted molar refractivity (Wildman–Crippen MR) is 114 cm³/mol. The highest BCUT2D eigenvalue weighted by Crippen LogP contribution is 2.25. The summed E-state index contributed by atoms with van der Waals surface area (Å²) in [6.45, 7) is 2.44. The fourth-order valence-electron chi connectivity index (χ4n) is 2.37. The Morgan fingerprint density at radius 1 is 1.12 bits per heavy atom. The van der Waals surface area contributed by atoms with Gasteiger partial charge in [-0.05, 0) is 49.0 Å². The van der Waals surface area contributed by atoms with Gasteiger partial charge in [0.25, 0.3) is 0 Å². The van der Waals surface area contributed by atoms with E-state index in [2.05, 4.69) is 15.7 Å². The number of nitrogens with zero attached hydrogens (tertiary/aromatic N) is 2. The van der Waals surface area contributed by atoms with Crippen LogP contribution < -0.4 is 10.6 Å². The van der Waals surface area contributed by atoms with Gasteiger partial charge in [-0.15, -0.1) is 0 Å². The van der Waals surface area contributed by atoms with Gasteiger partial charge >= 0.3 is 0 Å². The summed E-state index contributed by atoms with van der Waals surface area (Å²) in [4.78, 5) is 0. The van der Waals surface area contributed by atoms with Crippen molar-refractivity contribution in [3.63, 3.8) is 0 Å². The van der Waals surface area contributed by atoms with E-state index in [0.717, 1.165) is 22.5 Å². The van der Waals surface area contributed by atoms with Crippen molar-refractivity contribution >= 4 is 63.5 Å². The summed E-state index contributed by atoms with van der Waals surface area (Å²) in [5, 5.41) is 12.9. The van der Waals surface area contributed by atoms with Crippen LogP contribution in [0.25, 0.3) is 0 Å². The highest BCUT2D eigenvalue weighted by Gasteiger charge is 2.08. The Labute approximate surface area is 172 Å². The van der Waals surface area contributed by atoms with Crippen molar-refractivity contribution in [2.75, 3.05) is 10.6 Å². The number of aryl methyl sites for hydroxylation is 1. The van der Waals surface area contributed by atoms with Gasteiger partial charge in [0.15, 0.2) is 5.11 Å². The third-order valence-corrected chi connectivity index (χ3v) is 4.87. The zero-order valence-corrected chi connectivity index (χ0v) is 16.8. The lowest BCUT2D eigenvalue weighted by atomic mass is 10.2. The minimum atomic E-state index is 0.450. The second kappa shape index (κ2) is 8.27. The first-order valence-corrected chi connectivity index (χ1v) is 9.26. The summed E-state index contributed by atoms with van der Waals surface area (Å²) < 4.78 is 1.74. The fourth-order valence-corrected chi connectivity index (χ4v) is 3.29. The topological polar surface area (TPSA) is 41.9 Å². The molecule has 4 nitrogen and oxygen atoms in total. The second-order valence-corrected chi connectivity index (χ2v) is 7.32. The largest absolute Gasteiger partial charge is 0.332 e. The maximum absolute atomic E-state index is 6.21. The highest BCUT2D eigenvalue weighted by molar-refractivity contribution is 7.80. The Morgan fingerprint density at radius 2 is 1.85 bits per heavy atom. The van der Waals surface area contributed by atoms with Gasteiger partial charge in [-0.2, -0.15) is 5.10 Å². The molecule has 0 atom stereocenters. The van der Waals surface area contributed by atoms with E-state index < -0.39 is 0 Å². The Hall–Kier alpha value is -1.79. The molecule has 26 heavy (non-hydrogen) atoms. The zero-order valence-electron chi connectivity index (χ0n) is 13.8. The third kappa shape index (κ3) is 4.68. The first kappa shape index (κ1) is 19.0. The fraction of sp³-hybridized carbons (Fsp3) is 0.111. The number of hydrogen-bond donors (Lipinski definition) is 2. The number of benzene rings is 2. The minimum Gasteiger partial charge on any atom is -0.332 e. The van der Waals surface area contributed by atoms with Gasteiger partial charge in [-0.25, -0.2) is 0 Å². The molecule has 0 fully saturated rings. The first-order chi connectivity index (χ1) is 12.4. The van der Waals surface area contributed by atoms with Gasteiger partial charge in [0, 0.05) is 32.5 Å². The molecule has 0 spiro atoms. The van der Waals surface area contributed by atoms with E-state index >= 15 is 0 Å². The Bertz CT molecular complexity index is 935. The molecule has 0 saturated heterocycles. The molecule has 3 aromatic rings. The smallest absolute Gasteiger partial charge is 0.175 e. The van der Waals surface area contributed by atoms with E-state index in [-0.39, 0.29) is 0 Å². The number of hydrogen-bond acceptors (Lipinski definition) is 2. The number of halogens is 3. The molecule has 2 aromatic carbocycles. The van der Waals surface area contributed by atoms with Gasteiger partial charge in [0.1, 0.15) is 0 Å². The summed E-state index contributed by atoms with van der Waals surface area (Å²) in [7, 11) is 0. The van der Waals surface area contributed by atoms with E-state index in [9.17, 15) is 0 Å².